The molecule has 0 radical (unpaired) electrons. The first-order valence-electron chi connectivity index (χ1n) is 10.6. The van der Waals surface area contributed by atoms with E-state index >= 15 is 0 Å². The van der Waals surface area contributed by atoms with Gasteiger partial charge in [-0.25, -0.2) is 4.79 Å². The van der Waals surface area contributed by atoms with Gasteiger partial charge >= 0.3 is 6.03 Å². The van der Waals surface area contributed by atoms with E-state index in [2.05, 4.69) is 65.8 Å². The zero-order valence-corrected chi connectivity index (χ0v) is 18.6. The van der Waals surface area contributed by atoms with Gasteiger partial charge in [0.25, 0.3) is 0 Å². The van der Waals surface area contributed by atoms with Crippen LogP contribution in [0.4, 0.5) is 4.79 Å². The SMILES string of the molecule is CCNC(=O)NC(C)C1c2cc(OC)c(OC)cc2CCN1Cc1cccc(C)c1. The maximum Gasteiger partial charge on any atom is 0.315 e. The summed E-state index contributed by atoms with van der Waals surface area (Å²) >= 11 is 0. The molecule has 0 spiro atoms. The number of nitrogens with zero attached hydrogens (tertiary/aromatic N) is 1. The number of nitrogens with one attached hydrogen (secondary N) is 2. The van der Waals surface area contributed by atoms with Crippen LogP contribution in [0.1, 0.15) is 42.1 Å². The third-order valence-corrected chi connectivity index (χ3v) is 5.66. The highest BCUT2D eigenvalue weighted by Gasteiger charge is 2.33. The molecule has 2 aromatic carbocycles. The Kier molecular flexibility index (Phi) is 7.21. The van der Waals surface area contributed by atoms with Crippen molar-refractivity contribution in [3.63, 3.8) is 0 Å². The molecule has 0 bridgehead atoms. The average Bonchev–Trinajstić information content (AvgIpc) is 2.72. The van der Waals surface area contributed by atoms with Crippen LogP contribution in [-0.2, 0) is 13.0 Å². The van der Waals surface area contributed by atoms with Crippen LogP contribution in [0.3, 0.4) is 0 Å². The van der Waals surface area contributed by atoms with Crippen molar-refractivity contribution in [3.05, 3.63) is 58.7 Å². The highest BCUT2D eigenvalue weighted by Crippen LogP contribution is 2.40. The summed E-state index contributed by atoms with van der Waals surface area (Å²) in [5.74, 6) is 1.45. The molecule has 6 heteroatoms. The van der Waals surface area contributed by atoms with Crippen LogP contribution in [0.15, 0.2) is 36.4 Å². The zero-order valence-electron chi connectivity index (χ0n) is 18.6. The second kappa shape index (κ2) is 9.85. The van der Waals surface area contributed by atoms with Gasteiger partial charge in [0.2, 0.25) is 0 Å². The van der Waals surface area contributed by atoms with Crippen molar-refractivity contribution >= 4 is 6.03 Å². The molecule has 30 heavy (non-hydrogen) atoms. The van der Waals surface area contributed by atoms with Gasteiger partial charge in [0.15, 0.2) is 11.5 Å². The molecule has 0 fully saturated rings. The van der Waals surface area contributed by atoms with Crippen LogP contribution in [0.2, 0.25) is 0 Å². The third-order valence-electron chi connectivity index (χ3n) is 5.66. The Morgan fingerprint density at radius 3 is 2.60 bits per heavy atom. The molecular weight excluding hydrogens is 378 g/mol. The molecule has 1 heterocycles. The first-order valence-corrected chi connectivity index (χ1v) is 10.6. The lowest BCUT2D eigenvalue weighted by molar-refractivity contribution is 0.143. The quantitative estimate of drug-likeness (QED) is 0.727. The number of fused-ring (bicyclic) bond motifs is 1. The summed E-state index contributed by atoms with van der Waals surface area (Å²) in [6, 6.07) is 12.5. The molecule has 1 aliphatic heterocycles. The van der Waals surface area contributed by atoms with Gasteiger partial charge in [0, 0.05) is 25.7 Å². The highest BCUT2D eigenvalue weighted by molar-refractivity contribution is 5.74. The number of carbonyl (C=O) groups excluding carboxylic acids is 1. The van der Waals surface area contributed by atoms with Crippen molar-refractivity contribution in [2.24, 2.45) is 0 Å². The smallest absolute Gasteiger partial charge is 0.315 e. The number of aryl methyl sites for hydroxylation is 1. The molecule has 1 aliphatic rings. The Morgan fingerprint density at radius 1 is 1.20 bits per heavy atom. The van der Waals surface area contributed by atoms with E-state index in [0.29, 0.717) is 12.3 Å². The standard InChI is InChI=1S/C24H33N3O3/c1-6-25-24(28)26-17(3)23-20-14-22(30-5)21(29-4)13-19(20)10-11-27(23)15-18-9-7-8-16(2)12-18/h7-9,12-14,17,23H,6,10-11,15H2,1-5H3,(H2,25,26,28). The fraction of sp³-hybridized carbons (Fsp3) is 0.458. The summed E-state index contributed by atoms with van der Waals surface area (Å²) in [5, 5.41) is 5.96. The molecule has 2 aromatic rings. The third kappa shape index (κ3) is 4.87. The summed E-state index contributed by atoms with van der Waals surface area (Å²) in [5.41, 5.74) is 4.94. The molecule has 6 nitrogen and oxygen atoms in total. The molecule has 0 aromatic heterocycles. The van der Waals surface area contributed by atoms with Crippen LogP contribution in [0.25, 0.3) is 0 Å². The molecule has 2 unspecified atom stereocenters. The van der Waals surface area contributed by atoms with Crippen molar-refractivity contribution in [3.8, 4) is 11.5 Å². The Morgan fingerprint density at radius 2 is 1.93 bits per heavy atom. The molecular formula is C24H33N3O3. The molecule has 2 atom stereocenters. The predicted octanol–water partition coefficient (Wildman–Crippen LogP) is 3.82. The van der Waals surface area contributed by atoms with E-state index < -0.39 is 0 Å². The first-order chi connectivity index (χ1) is 14.5. The fourth-order valence-electron chi connectivity index (χ4n) is 4.33. The van der Waals surface area contributed by atoms with Crippen LogP contribution < -0.4 is 20.1 Å². The molecule has 3 rings (SSSR count). The molecule has 2 N–H and O–H groups in total. The highest BCUT2D eigenvalue weighted by atomic mass is 16.5. The van der Waals surface area contributed by atoms with Gasteiger partial charge in [-0.15, -0.1) is 0 Å². The monoisotopic (exact) mass is 411 g/mol. The van der Waals surface area contributed by atoms with Crippen LogP contribution in [0.5, 0.6) is 11.5 Å². The number of hydrogen-bond acceptors (Lipinski definition) is 4. The summed E-state index contributed by atoms with van der Waals surface area (Å²) in [6.45, 7) is 8.42. The number of rotatable bonds is 7. The summed E-state index contributed by atoms with van der Waals surface area (Å²) in [6.07, 6.45) is 0.922. The van der Waals surface area contributed by atoms with Gasteiger partial charge in [-0.05, 0) is 56.0 Å². The number of hydrogen-bond donors (Lipinski definition) is 2. The van der Waals surface area contributed by atoms with Crippen LogP contribution >= 0.6 is 0 Å². The second-order valence-electron chi connectivity index (χ2n) is 7.85. The van der Waals surface area contributed by atoms with E-state index in [1.54, 1.807) is 14.2 Å². The fourth-order valence-corrected chi connectivity index (χ4v) is 4.33. The normalized spacial score (nSPS) is 17.0. The van der Waals surface area contributed by atoms with E-state index in [0.717, 1.165) is 25.3 Å². The molecule has 0 saturated heterocycles. The summed E-state index contributed by atoms with van der Waals surface area (Å²) in [7, 11) is 3.32. The van der Waals surface area contributed by atoms with E-state index in [1.165, 1.54) is 22.3 Å². The van der Waals surface area contributed by atoms with Gasteiger partial charge in [0.05, 0.1) is 20.3 Å². The molecule has 0 aliphatic carbocycles. The van der Waals surface area contributed by atoms with Crippen molar-refractivity contribution in [1.29, 1.82) is 0 Å². The van der Waals surface area contributed by atoms with Crippen molar-refractivity contribution in [1.82, 2.24) is 15.5 Å². The topological polar surface area (TPSA) is 62.8 Å². The van der Waals surface area contributed by atoms with Crippen molar-refractivity contribution < 1.29 is 14.3 Å². The lowest BCUT2D eigenvalue weighted by Gasteiger charge is -2.41. The Balaban J connectivity index is 1.97. The Labute approximate surface area is 179 Å². The second-order valence-corrected chi connectivity index (χ2v) is 7.85. The maximum absolute atomic E-state index is 12.3. The molecule has 0 saturated carbocycles. The average molecular weight is 412 g/mol. The minimum atomic E-state index is -0.145. The summed E-state index contributed by atoms with van der Waals surface area (Å²) < 4.78 is 11.1. The number of ether oxygens (including phenoxy) is 2. The number of carbonyl (C=O) groups is 1. The maximum atomic E-state index is 12.3. The Hall–Kier alpha value is -2.73. The number of amides is 2. The zero-order chi connectivity index (χ0) is 21.7. The molecule has 162 valence electrons. The number of benzene rings is 2. The van der Waals surface area contributed by atoms with E-state index in [4.69, 9.17) is 9.47 Å². The van der Waals surface area contributed by atoms with E-state index in [1.807, 2.05) is 6.92 Å². The van der Waals surface area contributed by atoms with Gasteiger partial charge in [0.1, 0.15) is 0 Å². The van der Waals surface area contributed by atoms with Gasteiger partial charge in [-0.2, -0.15) is 0 Å². The Bertz CT molecular complexity index is 884. The first kappa shape index (κ1) is 22.0. The van der Waals surface area contributed by atoms with Gasteiger partial charge in [-0.3, -0.25) is 4.90 Å². The lowest BCUT2D eigenvalue weighted by Crippen LogP contribution is -2.49. The van der Waals surface area contributed by atoms with Gasteiger partial charge < -0.3 is 20.1 Å². The van der Waals surface area contributed by atoms with Gasteiger partial charge in [-0.1, -0.05) is 29.8 Å². The minimum Gasteiger partial charge on any atom is -0.493 e. The van der Waals surface area contributed by atoms with E-state index in [-0.39, 0.29) is 18.1 Å². The van der Waals surface area contributed by atoms with Crippen molar-refractivity contribution in [2.45, 2.75) is 45.8 Å². The van der Waals surface area contributed by atoms with Crippen LogP contribution in [-0.4, -0.2) is 44.3 Å². The minimum absolute atomic E-state index is 0.0247. The van der Waals surface area contributed by atoms with E-state index in [9.17, 15) is 4.79 Å². The summed E-state index contributed by atoms with van der Waals surface area (Å²) in [4.78, 5) is 14.7. The van der Waals surface area contributed by atoms with Crippen molar-refractivity contribution in [2.75, 3.05) is 27.3 Å². The number of urea groups is 1. The number of methoxy groups -OCH3 is 2. The molecule has 2 amide bonds. The predicted molar refractivity (Wildman–Crippen MR) is 119 cm³/mol. The lowest BCUT2D eigenvalue weighted by atomic mass is 9.87. The van der Waals surface area contributed by atoms with Crippen LogP contribution in [0, 0.1) is 6.92 Å². The largest absolute Gasteiger partial charge is 0.493 e.